The van der Waals surface area contributed by atoms with Crippen LogP contribution in [0.5, 0.6) is 0 Å². The molecule has 1 N–H and O–H groups in total. The maximum absolute atomic E-state index is 10.5. The Balaban J connectivity index is 1.65. The minimum atomic E-state index is -0.522. The minimum Gasteiger partial charge on any atom is -0.389 e. The van der Waals surface area contributed by atoms with Gasteiger partial charge in [0.25, 0.3) is 0 Å². The number of aliphatic hydroxyl groups excluding tert-OH is 1. The summed E-state index contributed by atoms with van der Waals surface area (Å²) in [4.78, 5) is 4.75. The molecule has 0 saturated carbocycles. The molecule has 0 amide bonds. The summed E-state index contributed by atoms with van der Waals surface area (Å²) in [5.74, 6) is 1.06. The molecule has 2 aromatic rings. The molecule has 2 heterocycles. The summed E-state index contributed by atoms with van der Waals surface area (Å²) in [7, 11) is 0. The zero-order chi connectivity index (χ0) is 16.8. The number of aromatic nitrogens is 2. The molecule has 0 aliphatic carbocycles. The van der Waals surface area contributed by atoms with Crippen molar-refractivity contribution in [3.05, 3.63) is 30.1 Å². The van der Waals surface area contributed by atoms with Crippen molar-refractivity contribution < 1.29 is 14.6 Å². The van der Waals surface area contributed by atoms with Crippen molar-refractivity contribution in [2.75, 3.05) is 19.8 Å². The standard InChI is InChI=1S/C19H28N2O3/c1-2-3-8-19-20-17-6-4-5-7-18(17)21(19)13-15(22)14-24-16-9-11-23-12-10-16/h4-7,15-16,22H,2-3,8-14H2,1H3. The normalized spacial score (nSPS) is 17.4. The van der Waals surface area contributed by atoms with Gasteiger partial charge in [0.2, 0.25) is 0 Å². The first-order valence-electron chi connectivity index (χ1n) is 9.09. The molecule has 0 bridgehead atoms. The summed E-state index contributed by atoms with van der Waals surface area (Å²) in [6, 6.07) is 8.14. The van der Waals surface area contributed by atoms with E-state index in [2.05, 4.69) is 17.6 Å². The molecule has 132 valence electrons. The molecule has 1 atom stereocenters. The molecule has 1 aromatic heterocycles. The van der Waals surface area contributed by atoms with Crippen molar-refractivity contribution in [1.82, 2.24) is 9.55 Å². The van der Waals surface area contributed by atoms with Gasteiger partial charge < -0.3 is 19.1 Å². The van der Waals surface area contributed by atoms with Crippen LogP contribution in [-0.2, 0) is 22.4 Å². The minimum absolute atomic E-state index is 0.215. The summed E-state index contributed by atoms with van der Waals surface area (Å²) in [5, 5.41) is 10.5. The third-order valence-corrected chi connectivity index (χ3v) is 4.57. The fraction of sp³-hybridized carbons (Fsp3) is 0.632. The number of imidazole rings is 1. The number of hydrogen-bond donors (Lipinski definition) is 1. The molecule has 0 spiro atoms. The Hall–Kier alpha value is -1.43. The van der Waals surface area contributed by atoms with Gasteiger partial charge in [0.1, 0.15) is 5.82 Å². The summed E-state index contributed by atoms with van der Waals surface area (Å²) in [6.45, 7) is 4.60. The number of aliphatic hydroxyl groups is 1. The van der Waals surface area contributed by atoms with E-state index in [1.165, 1.54) is 0 Å². The monoisotopic (exact) mass is 332 g/mol. The number of rotatable bonds is 8. The molecule has 1 fully saturated rings. The maximum Gasteiger partial charge on any atom is 0.109 e. The zero-order valence-electron chi connectivity index (χ0n) is 14.5. The van der Waals surface area contributed by atoms with Gasteiger partial charge in [-0.2, -0.15) is 0 Å². The first kappa shape index (κ1) is 17.4. The lowest BCUT2D eigenvalue weighted by atomic mass is 10.1. The fourth-order valence-corrected chi connectivity index (χ4v) is 3.21. The van der Waals surface area contributed by atoms with Gasteiger partial charge in [-0.15, -0.1) is 0 Å². The molecule has 0 radical (unpaired) electrons. The quantitative estimate of drug-likeness (QED) is 0.807. The number of hydrogen-bond acceptors (Lipinski definition) is 4. The van der Waals surface area contributed by atoms with Gasteiger partial charge in [-0.25, -0.2) is 4.98 Å². The molecule has 1 aliphatic heterocycles. The van der Waals surface area contributed by atoms with Crippen molar-refractivity contribution in [2.24, 2.45) is 0 Å². The van der Waals surface area contributed by atoms with Crippen LogP contribution in [0.1, 0.15) is 38.4 Å². The van der Waals surface area contributed by atoms with Crippen LogP contribution in [-0.4, -0.2) is 46.7 Å². The third-order valence-electron chi connectivity index (χ3n) is 4.57. The van der Waals surface area contributed by atoms with Crippen LogP contribution in [0.3, 0.4) is 0 Å². The molecule has 1 unspecified atom stereocenters. The molecule has 1 aromatic carbocycles. The second kappa shape index (κ2) is 8.60. The number of nitrogens with zero attached hydrogens (tertiary/aromatic N) is 2. The van der Waals surface area contributed by atoms with Crippen molar-refractivity contribution in [3.63, 3.8) is 0 Å². The van der Waals surface area contributed by atoms with Crippen LogP contribution >= 0.6 is 0 Å². The highest BCUT2D eigenvalue weighted by Crippen LogP contribution is 2.19. The van der Waals surface area contributed by atoms with E-state index in [0.29, 0.717) is 13.2 Å². The van der Waals surface area contributed by atoms with Crippen LogP contribution in [0.2, 0.25) is 0 Å². The smallest absolute Gasteiger partial charge is 0.109 e. The van der Waals surface area contributed by atoms with Crippen LogP contribution in [0.15, 0.2) is 24.3 Å². The van der Waals surface area contributed by atoms with E-state index >= 15 is 0 Å². The number of fused-ring (bicyclic) bond motifs is 1. The van der Waals surface area contributed by atoms with Crippen LogP contribution in [0, 0.1) is 0 Å². The Morgan fingerprint density at radius 3 is 2.92 bits per heavy atom. The number of benzene rings is 1. The molecule has 1 aliphatic rings. The highest BCUT2D eigenvalue weighted by Gasteiger charge is 2.18. The highest BCUT2D eigenvalue weighted by atomic mass is 16.5. The van der Waals surface area contributed by atoms with Gasteiger partial charge in [0.15, 0.2) is 0 Å². The Labute approximate surface area is 143 Å². The molecule has 5 nitrogen and oxygen atoms in total. The maximum atomic E-state index is 10.5. The lowest BCUT2D eigenvalue weighted by molar-refractivity contribution is -0.0616. The average molecular weight is 332 g/mol. The Morgan fingerprint density at radius 2 is 2.12 bits per heavy atom. The lowest BCUT2D eigenvalue weighted by Crippen LogP contribution is -2.29. The van der Waals surface area contributed by atoms with Gasteiger partial charge in [0, 0.05) is 19.6 Å². The number of ether oxygens (including phenoxy) is 2. The van der Waals surface area contributed by atoms with Crippen molar-refractivity contribution in [1.29, 1.82) is 0 Å². The Morgan fingerprint density at radius 1 is 1.33 bits per heavy atom. The van der Waals surface area contributed by atoms with Gasteiger partial charge in [0.05, 0.1) is 36.4 Å². The predicted octanol–water partition coefficient (Wildman–Crippen LogP) is 2.94. The van der Waals surface area contributed by atoms with Crippen molar-refractivity contribution >= 4 is 11.0 Å². The predicted molar refractivity (Wildman–Crippen MR) is 94.1 cm³/mol. The molecule has 1 saturated heterocycles. The molecule has 24 heavy (non-hydrogen) atoms. The average Bonchev–Trinajstić information content (AvgIpc) is 2.97. The van der Waals surface area contributed by atoms with Crippen molar-refractivity contribution in [2.45, 2.75) is 57.8 Å². The van der Waals surface area contributed by atoms with Gasteiger partial charge in [-0.3, -0.25) is 0 Å². The first-order chi connectivity index (χ1) is 11.8. The van der Waals surface area contributed by atoms with E-state index < -0.39 is 6.10 Å². The van der Waals surface area contributed by atoms with E-state index in [1.54, 1.807) is 0 Å². The SMILES string of the molecule is CCCCc1nc2ccccc2n1CC(O)COC1CCOCC1. The van der Waals surface area contributed by atoms with Crippen LogP contribution in [0.25, 0.3) is 11.0 Å². The van der Waals surface area contributed by atoms with E-state index in [-0.39, 0.29) is 6.10 Å². The van der Waals surface area contributed by atoms with Crippen molar-refractivity contribution in [3.8, 4) is 0 Å². The second-order valence-electron chi connectivity index (χ2n) is 6.53. The second-order valence-corrected chi connectivity index (χ2v) is 6.53. The van der Waals surface area contributed by atoms with Crippen LogP contribution in [0.4, 0.5) is 0 Å². The lowest BCUT2D eigenvalue weighted by Gasteiger charge is -2.24. The van der Waals surface area contributed by atoms with Crippen LogP contribution < -0.4 is 0 Å². The highest BCUT2D eigenvalue weighted by molar-refractivity contribution is 5.75. The van der Waals surface area contributed by atoms with Gasteiger partial charge >= 0.3 is 0 Å². The summed E-state index contributed by atoms with van der Waals surface area (Å²) < 4.78 is 13.4. The molecular weight excluding hydrogens is 304 g/mol. The van der Waals surface area contributed by atoms with Gasteiger partial charge in [-0.1, -0.05) is 25.5 Å². The zero-order valence-corrected chi connectivity index (χ0v) is 14.5. The molecule has 3 rings (SSSR count). The van der Waals surface area contributed by atoms with E-state index in [4.69, 9.17) is 14.5 Å². The Bertz CT molecular complexity index is 635. The molecule has 5 heteroatoms. The van der Waals surface area contributed by atoms with E-state index in [1.807, 2.05) is 18.2 Å². The Kier molecular flexibility index (Phi) is 6.24. The largest absolute Gasteiger partial charge is 0.389 e. The third kappa shape index (κ3) is 4.35. The molecular formula is C19H28N2O3. The number of para-hydroxylation sites is 2. The summed E-state index contributed by atoms with van der Waals surface area (Å²) in [6.07, 6.45) is 4.72. The number of aryl methyl sites for hydroxylation is 1. The van der Waals surface area contributed by atoms with E-state index in [0.717, 1.165) is 62.2 Å². The summed E-state index contributed by atoms with van der Waals surface area (Å²) in [5.41, 5.74) is 2.09. The topological polar surface area (TPSA) is 56.5 Å². The van der Waals surface area contributed by atoms with E-state index in [9.17, 15) is 5.11 Å². The van der Waals surface area contributed by atoms with Gasteiger partial charge in [-0.05, 0) is 31.4 Å². The number of unbranched alkanes of at least 4 members (excludes halogenated alkanes) is 1. The fourth-order valence-electron chi connectivity index (χ4n) is 3.21. The summed E-state index contributed by atoms with van der Waals surface area (Å²) >= 11 is 0. The first-order valence-corrected chi connectivity index (χ1v) is 9.09.